The van der Waals surface area contributed by atoms with Crippen molar-refractivity contribution in [3.05, 3.63) is 29.8 Å². The molecule has 0 spiro atoms. The van der Waals surface area contributed by atoms with Gasteiger partial charge in [-0.2, -0.15) is 0 Å². The van der Waals surface area contributed by atoms with Crippen molar-refractivity contribution in [1.82, 2.24) is 0 Å². The number of halogens is 2. The Morgan fingerprint density at radius 1 is 1.12 bits per heavy atom. The van der Waals surface area contributed by atoms with Gasteiger partial charge in [-0.05, 0) is 24.5 Å². The zero-order valence-electron chi connectivity index (χ0n) is 10.0. The lowest BCUT2D eigenvalue weighted by molar-refractivity contribution is 0.345. The normalized spacial score (nSPS) is 17.1. The van der Waals surface area contributed by atoms with Crippen LogP contribution in [-0.4, -0.2) is 6.54 Å². The Balaban J connectivity index is 1.79. The Kier molecular flexibility index (Phi) is 4.35. The van der Waals surface area contributed by atoms with Crippen LogP contribution in [0.4, 0.5) is 14.5 Å². The SMILES string of the molecule is Fc1cccc(NCCC2CCCCC2)c1F. The third kappa shape index (κ3) is 3.42. The van der Waals surface area contributed by atoms with Crippen molar-refractivity contribution >= 4 is 5.69 Å². The molecule has 0 aromatic heterocycles. The molecular weight excluding hydrogens is 220 g/mol. The largest absolute Gasteiger partial charge is 0.383 e. The summed E-state index contributed by atoms with van der Waals surface area (Å²) in [5.41, 5.74) is 0.279. The fourth-order valence-corrected chi connectivity index (χ4v) is 2.53. The Bertz CT molecular complexity index is 359. The summed E-state index contributed by atoms with van der Waals surface area (Å²) < 4.78 is 26.3. The van der Waals surface area contributed by atoms with Crippen LogP contribution in [0, 0.1) is 17.6 Å². The highest BCUT2D eigenvalue weighted by Gasteiger charge is 2.13. The highest BCUT2D eigenvalue weighted by atomic mass is 19.2. The molecule has 1 aromatic carbocycles. The van der Waals surface area contributed by atoms with Crippen molar-refractivity contribution in [2.45, 2.75) is 38.5 Å². The topological polar surface area (TPSA) is 12.0 Å². The van der Waals surface area contributed by atoms with Crippen molar-refractivity contribution in [3.63, 3.8) is 0 Å². The first-order valence-corrected chi connectivity index (χ1v) is 6.45. The summed E-state index contributed by atoms with van der Waals surface area (Å²) in [5, 5.41) is 2.99. The van der Waals surface area contributed by atoms with Crippen LogP contribution in [0.25, 0.3) is 0 Å². The Morgan fingerprint density at radius 2 is 1.88 bits per heavy atom. The van der Waals surface area contributed by atoms with Crippen LogP contribution in [0.3, 0.4) is 0 Å². The van der Waals surface area contributed by atoms with Gasteiger partial charge in [0.25, 0.3) is 0 Å². The fraction of sp³-hybridized carbons (Fsp3) is 0.571. The van der Waals surface area contributed by atoms with Gasteiger partial charge in [-0.1, -0.05) is 38.2 Å². The van der Waals surface area contributed by atoms with Crippen LogP contribution in [0.2, 0.25) is 0 Å². The smallest absolute Gasteiger partial charge is 0.181 e. The van der Waals surface area contributed by atoms with E-state index in [0.717, 1.165) is 24.9 Å². The van der Waals surface area contributed by atoms with Gasteiger partial charge in [-0.25, -0.2) is 8.78 Å². The molecule has 0 atom stereocenters. The summed E-state index contributed by atoms with van der Waals surface area (Å²) in [6, 6.07) is 4.25. The highest BCUT2D eigenvalue weighted by Crippen LogP contribution is 2.26. The van der Waals surface area contributed by atoms with Gasteiger partial charge in [-0.15, -0.1) is 0 Å². The molecule has 94 valence electrons. The molecule has 1 fully saturated rings. The third-order valence-electron chi connectivity index (χ3n) is 3.54. The monoisotopic (exact) mass is 239 g/mol. The molecule has 0 aliphatic heterocycles. The molecule has 1 aliphatic carbocycles. The lowest BCUT2D eigenvalue weighted by Gasteiger charge is -2.21. The van der Waals surface area contributed by atoms with Crippen LogP contribution in [0.5, 0.6) is 0 Å². The molecule has 2 rings (SSSR count). The first kappa shape index (κ1) is 12.3. The lowest BCUT2D eigenvalue weighted by Crippen LogP contribution is -2.12. The first-order chi connectivity index (χ1) is 8.27. The lowest BCUT2D eigenvalue weighted by atomic mass is 9.87. The van der Waals surface area contributed by atoms with E-state index in [-0.39, 0.29) is 5.69 Å². The summed E-state index contributed by atoms with van der Waals surface area (Å²) >= 11 is 0. The minimum Gasteiger partial charge on any atom is -0.383 e. The average Bonchev–Trinajstić information content (AvgIpc) is 2.36. The molecule has 0 amide bonds. The van der Waals surface area contributed by atoms with Gasteiger partial charge >= 0.3 is 0 Å². The van der Waals surface area contributed by atoms with Gasteiger partial charge in [0.1, 0.15) is 0 Å². The molecule has 1 N–H and O–H groups in total. The van der Waals surface area contributed by atoms with E-state index >= 15 is 0 Å². The van der Waals surface area contributed by atoms with Gasteiger partial charge in [0, 0.05) is 6.54 Å². The van der Waals surface area contributed by atoms with Crippen molar-refractivity contribution in [3.8, 4) is 0 Å². The summed E-state index contributed by atoms with van der Waals surface area (Å²) in [7, 11) is 0. The van der Waals surface area contributed by atoms with Crippen LogP contribution >= 0.6 is 0 Å². The molecule has 3 heteroatoms. The van der Waals surface area contributed by atoms with Crippen molar-refractivity contribution < 1.29 is 8.78 Å². The van der Waals surface area contributed by atoms with Crippen LogP contribution < -0.4 is 5.32 Å². The Labute approximate surface area is 101 Å². The molecule has 1 aromatic rings. The predicted octanol–water partition coefficient (Wildman–Crippen LogP) is 4.35. The van der Waals surface area contributed by atoms with Crippen molar-refractivity contribution in [1.29, 1.82) is 0 Å². The number of benzene rings is 1. The quantitative estimate of drug-likeness (QED) is 0.823. The molecule has 1 saturated carbocycles. The van der Waals surface area contributed by atoms with Crippen molar-refractivity contribution in [2.24, 2.45) is 5.92 Å². The summed E-state index contributed by atoms with van der Waals surface area (Å²) in [4.78, 5) is 0. The van der Waals surface area contributed by atoms with Gasteiger partial charge in [-0.3, -0.25) is 0 Å². The van der Waals surface area contributed by atoms with Crippen LogP contribution in [-0.2, 0) is 0 Å². The fourth-order valence-electron chi connectivity index (χ4n) is 2.53. The molecule has 17 heavy (non-hydrogen) atoms. The van der Waals surface area contributed by atoms with Gasteiger partial charge in [0.15, 0.2) is 11.6 Å². The second kappa shape index (κ2) is 5.99. The summed E-state index contributed by atoms with van der Waals surface area (Å²) in [5.74, 6) is -0.795. The maximum atomic E-state index is 13.3. The number of hydrogen-bond donors (Lipinski definition) is 1. The van der Waals surface area contributed by atoms with E-state index in [1.165, 1.54) is 38.2 Å². The third-order valence-corrected chi connectivity index (χ3v) is 3.54. The molecule has 1 nitrogen and oxygen atoms in total. The summed E-state index contributed by atoms with van der Waals surface area (Å²) in [6.07, 6.45) is 7.61. The maximum absolute atomic E-state index is 13.3. The average molecular weight is 239 g/mol. The molecule has 0 bridgehead atoms. The van der Waals surface area contributed by atoms with E-state index in [2.05, 4.69) is 5.32 Å². The number of rotatable bonds is 4. The van der Waals surface area contributed by atoms with E-state index in [0.29, 0.717) is 0 Å². The second-order valence-electron chi connectivity index (χ2n) is 4.82. The van der Waals surface area contributed by atoms with E-state index in [4.69, 9.17) is 0 Å². The highest BCUT2D eigenvalue weighted by molar-refractivity contribution is 5.44. The zero-order chi connectivity index (χ0) is 12.1. The number of anilines is 1. The molecule has 0 unspecified atom stereocenters. The standard InChI is InChI=1S/C14H19F2N/c15-12-7-4-8-13(14(12)16)17-10-9-11-5-2-1-3-6-11/h4,7-8,11,17H,1-3,5-6,9-10H2. The van der Waals surface area contributed by atoms with Gasteiger partial charge < -0.3 is 5.32 Å². The first-order valence-electron chi connectivity index (χ1n) is 6.45. The maximum Gasteiger partial charge on any atom is 0.181 e. The molecule has 0 saturated heterocycles. The van der Waals surface area contributed by atoms with Crippen LogP contribution in [0.15, 0.2) is 18.2 Å². The second-order valence-corrected chi connectivity index (χ2v) is 4.82. The van der Waals surface area contributed by atoms with E-state index in [9.17, 15) is 8.78 Å². The van der Waals surface area contributed by atoms with E-state index in [1.54, 1.807) is 6.07 Å². The molecular formula is C14H19F2N. The number of hydrogen-bond acceptors (Lipinski definition) is 1. The summed E-state index contributed by atoms with van der Waals surface area (Å²) in [6.45, 7) is 0.727. The minimum absolute atomic E-state index is 0.279. The van der Waals surface area contributed by atoms with E-state index < -0.39 is 11.6 Å². The zero-order valence-corrected chi connectivity index (χ0v) is 10.0. The molecule has 0 heterocycles. The van der Waals surface area contributed by atoms with Gasteiger partial charge in [0.05, 0.1) is 5.69 Å². The van der Waals surface area contributed by atoms with Crippen LogP contribution in [0.1, 0.15) is 38.5 Å². The predicted molar refractivity (Wildman–Crippen MR) is 66.0 cm³/mol. The number of nitrogens with one attached hydrogen (secondary N) is 1. The van der Waals surface area contributed by atoms with E-state index in [1.807, 2.05) is 0 Å². The molecule has 1 aliphatic rings. The van der Waals surface area contributed by atoms with Gasteiger partial charge in [0.2, 0.25) is 0 Å². The van der Waals surface area contributed by atoms with Crippen molar-refractivity contribution in [2.75, 3.05) is 11.9 Å². The minimum atomic E-state index is -0.785. The molecule has 0 radical (unpaired) electrons. The Morgan fingerprint density at radius 3 is 2.65 bits per heavy atom. The Hall–Kier alpha value is -1.12.